The van der Waals surface area contributed by atoms with E-state index in [1.807, 2.05) is 0 Å². The number of carbonyl (C=O) groups is 3. The second kappa shape index (κ2) is 13.3. The smallest absolute Gasteiger partial charge is 0.246 e. The third-order valence-electron chi connectivity index (χ3n) is 8.31. The van der Waals surface area contributed by atoms with Gasteiger partial charge in [-0.2, -0.15) is 0 Å². The van der Waals surface area contributed by atoms with Gasteiger partial charge in [0.15, 0.2) is 0 Å². The van der Waals surface area contributed by atoms with Crippen LogP contribution in [0.25, 0.3) is 0 Å². The fraction of sp³-hybridized carbons (Fsp3) is 0.885. The highest BCUT2D eigenvalue weighted by molar-refractivity contribution is 5.89. The van der Waals surface area contributed by atoms with Crippen LogP contribution in [0.2, 0.25) is 0 Å². The van der Waals surface area contributed by atoms with E-state index in [0.29, 0.717) is 12.3 Å². The van der Waals surface area contributed by atoms with Crippen LogP contribution in [-0.4, -0.2) is 43.0 Å². The van der Waals surface area contributed by atoms with E-state index in [-0.39, 0.29) is 31.1 Å². The van der Waals surface area contributed by atoms with Crippen molar-refractivity contribution in [2.24, 2.45) is 29.4 Å². The Morgan fingerprint density at radius 2 is 1.48 bits per heavy atom. The highest BCUT2D eigenvalue weighted by atomic mass is 16.5. The molecule has 7 nitrogen and oxygen atoms in total. The molecule has 3 aliphatic carbocycles. The summed E-state index contributed by atoms with van der Waals surface area (Å²) >= 11 is 0. The van der Waals surface area contributed by atoms with Crippen LogP contribution < -0.4 is 16.4 Å². The maximum Gasteiger partial charge on any atom is 0.246 e. The lowest BCUT2D eigenvalue weighted by molar-refractivity contribution is -0.132. The third-order valence-corrected chi connectivity index (χ3v) is 8.31. The summed E-state index contributed by atoms with van der Waals surface area (Å²) in [6.07, 6.45) is 16.5. The van der Waals surface area contributed by atoms with Crippen molar-refractivity contribution < 1.29 is 19.1 Å². The maximum absolute atomic E-state index is 12.3. The molecule has 33 heavy (non-hydrogen) atoms. The van der Waals surface area contributed by atoms with Gasteiger partial charge in [0.1, 0.15) is 12.6 Å². The van der Waals surface area contributed by atoms with Gasteiger partial charge in [-0.1, -0.05) is 51.9 Å². The molecule has 0 aliphatic heterocycles. The highest BCUT2D eigenvalue weighted by Gasteiger charge is 2.31. The van der Waals surface area contributed by atoms with Crippen molar-refractivity contribution in [3.63, 3.8) is 0 Å². The normalized spacial score (nSPS) is 29.7. The number of hydrogen-bond acceptors (Lipinski definition) is 4. The highest BCUT2D eigenvalue weighted by Crippen LogP contribution is 2.40. The molecule has 1 unspecified atom stereocenters. The standard InChI is InChI=1S/C26H45N3O4/c1-18-7-13-22(14-8-18)33-17-25(31)28-16-24(30)29-23(26(27)32)15-19-9-11-21(12-10-19)20-5-3-2-4-6-20/h18-23H,2-17H2,1H3,(H2,27,32)(H,28,31)(H,29,30). The molecule has 0 aromatic heterocycles. The molecular formula is C26H45N3O4. The van der Waals surface area contributed by atoms with E-state index in [1.54, 1.807) is 0 Å². The summed E-state index contributed by atoms with van der Waals surface area (Å²) in [4.78, 5) is 36.3. The second-order valence-corrected chi connectivity index (χ2v) is 10.9. The minimum absolute atomic E-state index is 0.0319. The lowest BCUT2D eigenvalue weighted by Crippen LogP contribution is -2.49. The zero-order valence-electron chi connectivity index (χ0n) is 20.5. The van der Waals surface area contributed by atoms with Crippen LogP contribution in [0.5, 0.6) is 0 Å². The maximum atomic E-state index is 12.3. The predicted octanol–water partition coefficient (Wildman–Crippen LogP) is 3.44. The summed E-state index contributed by atoms with van der Waals surface area (Å²) in [7, 11) is 0. The van der Waals surface area contributed by atoms with E-state index in [1.165, 1.54) is 44.9 Å². The Balaban J connectivity index is 1.32. The van der Waals surface area contributed by atoms with Gasteiger partial charge in [-0.3, -0.25) is 14.4 Å². The molecule has 0 aromatic carbocycles. The van der Waals surface area contributed by atoms with E-state index in [9.17, 15) is 14.4 Å². The zero-order chi connectivity index (χ0) is 23.6. The minimum Gasteiger partial charge on any atom is -0.368 e. The van der Waals surface area contributed by atoms with Crippen LogP contribution in [0.4, 0.5) is 0 Å². The number of primary amides is 1. The molecule has 3 fully saturated rings. The van der Waals surface area contributed by atoms with E-state index in [0.717, 1.165) is 56.3 Å². The van der Waals surface area contributed by atoms with Gasteiger partial charge in [-0.15, -0.1) is 0 Å². The van der Waals surface area contributed by atoms with Crippen molar-refractivity contribution >= 4 is 17.7 Å². The first-order valence-electron chi connectivity index (χ1n) is 13.4. The Kier molecular flexibility index (Phi) is 10.5. The fourth-order valence-corrected chi connectivity index (χ4v) is 6.15. The van der Waals surface area contributed by atoms with Crippen molar-refractivity contribution in [2.75, 3.05) is 13.2 Å². The molecule has 0 aromatic rings. The summed E-state index contributed by atoms with van der Waals surface area (Å²) in [6, 6.07) is -0.675. The van der Waals surface area contributed by atoms with Gasteiger partial charge in [0.2, 0.25) is 17.7 Å². The summed E-state index contributed by atoms with van der Waals surface area (Å²) in [6.45, 7) is 2.04. The van der Waals surface area contributed by atoms with Crippen molar-refractivity contribution in [3.8, 4) is 0 Å². The Labute approximate surface area is 199 Å². The quantitative estimate of drug-likeness (QED) is 0.461. The lowest BCUT2D eigenvalue weighted by atomic mass is 9.70. The van der Waals surface area contributed by atoms with E-state index in [4.69, 9.17) is 10.5 Å². The predicted molar refractivity (Wildman–Crippen MR) is 128 cm³/mol. The monoisotopic (exact) mass is 463 g/mol. The van der Waals surface area contributed by atoms with Gasteiger partial charge in [-0.25, -0.2) is 0 Å². The average molecular weight is 464 g/mol. The minimum atomic E-state index is -0.675. The summed E-state index contributed by atoms with van der Waals surface area (Å²) in [5.74, 6) is 1.68. The van der Waals surface area contributed by atoms with Crippen molar-refractivity contribution in [3.05, 3.63) is 0 Å². The van der Waals surface area contributed by atoms with Crippen LogP contribution in [0.3, 0.4) is 0 Å². The van der Waals surface area contributed by atoms with Crippen LogP contribution in [0.1, 0.15) is 96.8 Å². The zero-order valence-corrected chi connectivity index (χ0v) is 20.5. The van der Waals surface area contributed by atoms with Crippen molar-refractivity contribution in [1.82, 2.24) is 10.6 Å². The molecule has 0 heterocycles. The molecule has 3 rings (SSSR count). The van der Waals surface area contributed by atoms with E-state index < -0.39 is 11.9 Å². The van der Waals surface area contributed by atoms with Crippen molar-refractivity contribution in [1.29, 1.82) is 0 Å². The van der Waals surface area contributed by atoms with E-state index >= 15 is 0 Å². The van der Waals surface area contributed by atoms with Gasteiger partial charge in [0.25, 0.3) is 0 Å². The molecule has 0 bridgehead atoms. The number of amides is 3. The van der Waals surface area contributed by atoms with Crippen molar-refractivity contribution in [2.45, 2.75) is 109 Å². The summed E-state index contributed by atoms with van der Waals surface area (Å²) < 4.78 is 5.68. The summed E-state index contributed by atoms with van der Waals surface area (Å²) in [5, 5.41) is 5.33. The SMILES string of the molecule is CC1CCC(OCC(=O)NCC(=O)NC(CC2CCC(C3CCCCC3)CC2)C(N)=O)CC1. The van der Waals surface area contributed by atoms with Crippen LogP contribution >= 0.6 is 0 Å². The number of carbonyl (C=O) groups excluding carboxylic acids is 3. The van der Waals surface area contributed by atoms with Gasteiger partial charge in [0.05, 0.1) is 12.6 Å². The molecule has 0 saturated heterocycles. The molecule has 7 heteroatoms. The van der Waals surface area contributed by atoms with Gasteiger partial charge in [-0.05, 0) is 68.6 Å². The first kappa shape index (κ1) is 26.0. The topological polar surface area (TPSA) is 111 Å². The number of ether oxygens (including phenoxy) is 1. The van der Waals surface area contributed by atoms with Gasteiger partial charge >= 0.3 is 0 Å². The molecule has 3 amide bonds. The largest absolute Gasteiger partial charge is 0.368 e. The molecule has 0 spiro atoms. The first-order chi connectivity index (χ1) is 15.9. The Hall–Kier alpha value is -1.63. The molecule has 1 atom stereocenters. The Morgan fingerprint density at radius 1 is 0.848 bits per heavy atom. The number of nitrogens with one attached hydrogen (secondary N) is 2. The molecule has 3 aliphatic rings. The summed E-state index contributed by atoms with van der Waals surface area (Å²) in [5.41, 5.74) is 5.58. The Bertz CT molecular complexity index is 633. The molecule has 0 radical (unpaired) electrons. The number of nitrogens with two attached hydrogens (primary N) is 1. The van der Waals surface area contributed by atoms with Crippen LogP contribution in [0.15, 0.2) is 0 Å². The Morgan fingerprint density at radius 3 is 2.12 bits per heavy atom. The molecular weight excluding hydrogens is 418 g/mol. The molecule has 4 N–H and O–H groups in total. The van der Waals surface area contributed by atoms with Gasteiger partial charge in [0, 0.05) is 0 Å². The first-order valence-corrected chi connectivity index (χ1v) is 13.4. The molecule has 188 valence electrons. The second-order valence-electron chi connectivity index (χ2n) is 10.9. The average Bonchev–Trinajstić information content (AvgIpc) is 2.83. The number of rotatable bonds is 10. The molecule has 3 saturated carbocycles. The number of hydrogen-bond donors (Lipinski definition) is 3. The van der Waals surface area contributed by atoms with Gasteiger partial charge < -0.3 is 21.1 Å². The van der Waals surface area contributed by atoms with E-state index in [2.05, 4.69) is 17.6 Å². The fourth-order valence-electron chi connectivity index (χ4n) is 6.15. The van der Waals surface area contributed by atoms with Crippen LogP contribution in [0, 0.1) is 23.7 Å². The van der Waals surface area contributed by atoms with Crippen LogP contribution in [-0.2, 0) is 19.1 Å². The third kappa shape index (κ3) is 8.91. The lowest BCUT2D eigenvalue weighted by Gasteiger charge is -2.36.